The molecule has 0 aliphatic rings. The van der Waals surface area contributed by atoms with Gasteiger partial charge in [-0.3, -0.25) is 4.68 Å². The second-order valence-electron chi connectivity index (χ2n) is 3.49. The number of nitrogen functional groups attached to an aromatic ring is 1. The van der Waals surface area contributed by atoms with Crippen LogP contribution in [0.5, 0.6) is 0 Å². The van der Waals surface area contributed by atoms with Crippen molar-refractivity contribution >= 4 is 17.4 Å². The maximum absolute atomic E-state index is 13.0. The zero-order chi connectivity index (χ0) is 11.5. The summed E-state index contributed by atoms with van der Waals surface area (Å²) in [4.78, 5) is 0.822. The van der Waals surface area contributed by atoms with E-state index in [0.29, 0.717) is 11.4 Å². The van der Waals surface area contributed by atoms with Crippen molar-refractivity contribution in [3.05, 3.63) is 42.0 Å². The first kappa shape index (κ1) is 11.0. The lowest BCUT2D eigenvalue weighted by Gasteiger charge is -2.01. The Bertz CT molecular complexity index is 475. The number of nitrogens with two attached hydrogens (primary N) is 1. The van der Waals surface area contributed by atoms with Crippen LogP contribution < -0.4 is 5.73 Å². The van der Waals surface area contributed by atoms with Crippen molar-refractivity contribution in [2.75, 3.05) is 5.73 Å². The van der Waals surface area contributed by atoms with Crippen molar-refractivity contribution in [1.29, 1.82) is 0 Å². The molecule has 84 valence electrons. The lowest BCUT2D eigenvalue weighted by molar-refractivity contribution is 0.625. The highest BCUT2D eigenvalue weighted by atomic mass is 32.2. The molecule has 0 unspecified atom stereocenters. The Morgan fingerprint density at radius 2 is 2.25 bits per heavy atom. The summed E-state index contributed by atoms with van der Waals surface area (Å²) in [5.41, 5.74) is 6.98. The molecule has 1 heterocycles. The van der Waals surface area contributed by atoms with Crippen molar-refractivity contribution in [2.45, 2.75) is 10.6 Å². The monoisotopic (exact) mass is 237 g/mol. The van der Waals surface area contributed by atoms with Gasteiger partial charge in [-0.15, -0.1) is 11.8 Å². The van der Waals surface area contributed by atoms with Gasteiger partial charge in [0, 0.05) is 29.6 Å². The molecule has 0 saturated carbocycles. The minimum atomic E-state index is -0.302. The van der Waals surface area contributed by atoms with E-state index < -0.39 is 0 Å². The van der Waals surface area contributed by atoms with Crippen LogP contribution in [-0.4, -0.2) is 9.78 Å². The van der Waals surface area contributed by atoms with E-state index in [0.717, 1.165) is 10.6 Å². The number of rotatable bonds is 3. The van der Waals surface area contributed by atoms with E-state index in [4.69, 9.17) is 5.73 Å². The molecule has 0 bridgehead atoms. The summed E-state index contributed by atoms with van der Waals surface area (Å²) in [7, 11) is 1.87. The molecule has 2 rings (SSSR count). The lowest BCUT2D eigenvalue weighted by atomic mass is 10.3. The van der Waals surface area contributed by atoms with E-state index in [9.17, 15) is 4.39 Å². The molecule has 0 aliphatic heterocycles. The molecule has 0 atom stereocenters. The Labute approximate surface area is 97.5 Å². The van der Waals surface area contributed by atoms with Gasteiger partial charge in [-0.25, -0.2) is 4.39 Å². The predicted molar refractivity (Wildman–Crippen MR) is 63.6 cm³/mol. The van der Waals surface area contributed by atoms with Crippen LogP contribution in [0.2, 0.25) is 0 Å². The van der Waals surface area contributed by atoms with Gasteiger partial charge in [0.25, 0.3) is 0 Å². The van der Waals surface area contributed by atoms with Crippen LogP contribution in [0.1, 0.15) is 5.69 Å². The number of hydrogen-bond acceptors (Lipinski definition) is 3. The Hall–Kier alpha value is -1.49. The number of anilines is 1. The lowest BCUT2D eigenvalue weighted by Crippen LogP contribution is -1.90. The zero-order valence-electron chi connectivity index (χ0n) is 8.85. The van der Waals surface area contributed by atoms with Crippen molar-refractivity contribution in [2.24, 2.45) is 7.05 Å². The molecule has 16 heavy (non-hydrogen) atoms. The molecule has 2 N–H and O–H groups in total. The van der Waals surface area contributed by atoms with Crippen LogP contribution in [0.25, 0.3) is 0 Å². The van der Waals surface area contributed by atoms with Gasteiger partial charge in [0.05, 0.1) is 5.69 Å². The van der Waals surface area contributed by atoms with E-state index in [1.165, 1.54) is 23.9 Å². The van der Waals surface area contributed by atoms with Crippen molar-refractivity contribution in [1.82, 2.24) is 9.78 Å². The smallest absolute Gasteiger partial charge is 0.126 e. The van der Waals surface area contributed by atoms with Crippen LogP contribution in [0.4, 0.5) is 10.1 Å². The maximum Gasteiger partial charge on any atom is 0.126 e. The fraction of sp³-hybridized carbons (Fsp3) is 0.182. The highest BCUT2D eigenvalue weighted by Crippen LogP contribution is 2.24. The molecule has 0 amide bonds. The van der Waals surface area contributed by atoms with E-state index in [1.54, 1.807) is 10.7 Å². The average Bonchev–Trinajstić information content (AvgIpc) is 2.60. The summed E-state index contributed by atoms with van der Waals surface area (Å²) in [5.74, 6) is 0.410. The first-order valence-corrected chi connectivity index (χ1v) is 5.79. The summed E-state index contributed by atoms with van der Waals surface area (Å²) < 4.78 is 14.8. The van der Waals surface area contributed by atoms with Crippen LogP contribution in [0.3, 0.4) is 0 Å². The molecule has 1 aromatic heterocycles. The molecule has 2 aromatic rings. The second kappa shape index (κ2) is 4.57. The molecule has 0 saturated heterocycles. The molecule has 5 heteroatoms. The molecule has 0 fully saturated rings. The summed E-state index contributed by atoms with van der Waals surface area (Å²) >= 11 is 1.52. The fourth-order valence-electron chi connectivity index (χ4n) is 1.37. The van der Waals surface area contributed by atoms with Gasteiger partial charge in [0.15, 0.2) is 0 Å². The summed E-state index contributed by atoms with van der Waals surface area (Å²) in [6, 6.07) is 6.49. The van der Waals surface area contributed by atoms with Crippen LogP contribution in [0, 0.1) is 5.82 Å². The topological polar surface area (TPSA) is 43.8 Å². The quantitative estimate of drug-likeness (QED) is 0.658. The fourth-order valence-corrected chi connectivity index (χ4v) is 2.25. The van der Waals surface area contributed by atoms with Crippen molar-refractivity contribution in [3.63, 3.8) is 0 Å². The predicted octanol–water partition coefficient (Wildman–Crippen LogP) is 2.43. The molecular weight excluding hydrogens is 225 g/mol. The largest absolute Gasteiger partial charge is 0.399 e. The third-order valence-electron chi connectivity index (χ3n) is 2.05. The van der Waals surface area contributed by atoms with E-state index >= 15 is 0 Å². The van der Waals surface area contributed by atoms with Gasteiger partial charge in [-0.05, 0) is 24.3 Å². The zero-order valence-corrected chi connectivity index (χ0v) is 9.67. The molecule has 0 spiro atoms. The van der Waals surface area contributed by atoms with E-state index in [-0.39, 0.29) is 5.82 Å². The van der Waals surface area contributed by atoms with E-state index in [1.807, 2.05) is 19.3 Å². The normalized spacial score (nSPS) is 10.6. The number of nitrogens with zero attached hydrogens (tertiary/aromatic N) is 2. The molecule has 0 radical (unpaired) electrons. The van der Waals surface area contributed by atoms with Crippen LogP contribution in [-0.2, 0) is 12.8 Å². The minimum absolute atomic E-state index is 0.302. The minimum Gasteiger partial charge on any atom is -0.399 e. The summed E-state index contributed by atoms with van der Waals surface area (Å²) in [6.45, 7) is 0. The van der Waals surface area contributed by atoms with Crippen molar-refractivity contribution < 1.29 is 4.39 Å². The molecular formula is C11H12FN3S. The van der Waals surface area contributed by atoms with Crippen molar-refractivity contribution in [3.8, 4) is 0 Å². The van der Waals surface area contributed by atoms with Gasteiger partial charge < -0.3 is 5.73 Å². The Kier molecular flexibility index (Phi) is 3.14. The van der Waals surface area contributed by atoms with E-state index in [2.05, 4.69) is 5.10 Å². The number of aryl methyl sites for hydroxylation is 1. The Morgan fingerprint density at radius 3 is 2.88 bits per heavy atom. The third kappa shape index (κ3) is 2.76. The first-order chi connectivity index (χ1) is 7.63. The Balaban J connectivity index is 2.04. The number of aromatic nitrogens is 2. The molecule has 1 aromatic carbocycles. The number of halogens is 1. The number of benzene rings is 1. The highest BCUT2D eigenvalue weighted by molar-refractivity contribution is 7.98. The maximum atomic E-state index is 13.0. The van der Waals surface area contributed by atoms with Gasteiger partial charge in [-0.2, -0.15) is 5.10 Å². The Morgan fingerprint density at radius 1 is 1.44 bits per heavy atom. The van der Waals surface area contributed by atoms with Gasteiger partial charge >= 0.3 is 0 Å². The molecule has 0 aliphatic carbocycles. The second-order valence-corrected chi connectivity index (χ2v) is 4.54. The van der Waals surface area contributed by atoms with Gasteiger partial charge in [0.2, 0.25) is 0 Å². The van der Waals surface area contributed by atoms with Crippen LogP contribution in [0.15, 0.2) is 35.4 Å². The average molecular weight is 237 g/mol. The summed E-state index contributed by atoms with van der Waals surface area (Å²) in [6.07, 6.45) is 1.88. The number of hydrogen-bond donors (Lipinski definition) is 1. The SMILES string of the molecule is Cn1ccc(CSc2cc(N)cc(F)c2)n1. The third-order valence-corrected chi connectivity index (χ3v) is 3.06. The highest BCUT2D eigenvalue weighted by Gasteiger charge is 2.02. The number of thioether (sulfide) groups is 1. The molecule has 3 nitrogen and oxygen atoms in total. The van der Waals surface area contributed by atoms with Crippen LogP contribution >= 0.6 is 11.8 Å². The summed E-state index contributed by atoms with van der Waals surface area (Å²) in [5, 5.41) is 4.24. The standard InChI is InChI=1S/C11H12FN3S/c1-15-3-2-10(14-15)7-16-11-5-8(12)4-9(13)6-11/h2-6H,7,13H2,1H3. The first-order valence-electron chi connectivity index (χ1n) is 4.81. The van der Waals surface area contributed by atoms with Gasteiger partial charge in [0.1, 0.15) is 5.82 Å². The van der Waals surface area contributed by atoms with Gasteiger partial charge in [-0.1, -0.05) is 0 Å².